The van der Waals surface area contributed by atoms with E-state index in [1.165, 1.54) is 0 Å². The van der Waals surface area contributed by atoms with Gasteiger partial charge in [-0.05, 0) is 0 Å². The Morgan fingerprint density at radius 3 is 2.50 bits per heavy atom. The van der Waals surface area contributed by atoms with Crippen molar-refractivity contribution in [2.75, 3.05) is 5.88 Å². The third kappa shape index (κ3) is 1.41. The summed E-state index contributed by atoms with van der Waals surface area (Å²) in [5, 5.41) is 0. The minimum atomic E-state index is -0.795. The molecule has 0 aromatic heterocycles. The SMILES string of the molecule is CC1(C)OC(=O)C(CCl)O1. The highest BCUT2D eigenvalue weighted by Crippen LogP contribution is 2.23. The largest absolute Gasteiger partial charge is 0.432 e. The fourth-order valence-electron chi connectivity index (χ4n) is 0.817. The van der Waals surface area contributed by atoms with Crippen molar-refractivity contribution in [1.82, 2.24) is 0 Å². The van der Waals surface area contributed by atoms with Crippen LogP contribution in [-0.2, 0) is 14.3 Å². The van der Waals surface area contributed by atoms with Crippen LogP contribution in [0.5, 0.6) is 0 Å². The van der Waals surface area contributed by atoms with Gasteiger partial charge in [0.2, 0.25) is 5.79 Å². The summed E-state index contributed by atoms with van der Waals surface area (Å²) in [4.78, 5) is 10.8. The molecule has 1 heterocycles. The molecule has 0 N–H and O–H groups in total. The van der Waals surface area contributed by atoms with E-state index in [1.54, 1.807) is 13.8 Å². The smallest absolute Gasteiger partial charge is 0.339 e. The summed E-state index contributed by atoms with van der Waals surface area (Å²) in [6.07, 6.45) is -0.586. The van der Waals surface area contributed by atoms with Crippen molar-refractivity contribution >= 4 is 17.6 Å². The quantitative estimate of drug-likeness (QED) is 0.427. The summed E-state index contributed by atoms with van der Waals surface area (Å²) >= 11 is 5.40. The maximum Gasteiger partial charge on any atom is 0.339 e. The van der Waals surface area contributed by atoms with Gasteiger partial charge in [-0.3, -0.25) is 0 Å². The van der Waals surface area contributed by atoms with Crippen LogP contribution < -0.4 is 0 Å². The van der Waals surface area contributed by atoms with Gasteiger partial charge in [-0.1, -0.05) is 0 Å². The normalized spacial score (nSPS) is 30.3. The Kier molecular flexibility index (Phi) is 1.88. The number of carbonyl (C=O) groups excluding carboxylic acids is 1. The lowest BCUT2D eigenvalue weighted by Crippen LogP contribution is -2.22. The lowest BCUT2D eigenvalue weighted by atomic mass is 10.4. The molecular weight excluding hydrogens is 156 g/mol. The lowest BCUT2D eigenvalue weighted by molar-refractivity contribution is -0.160. The summed E-state index contributed by atoms with van der Waals surface area (Å²) in [6.45, 7) is 3.36. The van der Waals surface area contributed by atoms with E-state index in [0.717, 1.165) is 0 Å². The number of ether oxygens (including phenoxy) is 2. The van der Waals surface area contributed by atoms with Crippen molar-refractivity contribution in [3.8, 4) is 0 Å². The van der Waals surface area contributed by atoms with Crippen LogP contribution >= 0.6 is 11.6 Å². The van der Waals surface area contributed by atoms with Crippen molar-refractivity contribution in [1.29, 1.82) is 0 Å². The molecule has 0 amide bonds. The number of rotatable bonds is 1. The first-order chi connectivity index (χ1) is 4.55. The van der Waals surface area contributed by atoms with E-state index in [0.29, 0.717) is 0 Å². The van der Waals surface area contributed by atoms with Crippen LogP contribution in [-0.4, -0.2) is 23.7 Å². The predicted molar refractivity (Wildman–Crippen MR) is 35.8 cm³/mol. The molecule has 10 heavy (non-hydrogen) atoms. The molecule has 4 heteroatoms. The molecule has 1 fully saturated rings. The molecule has 1 atom stereocenters. The van der Waals surface area contributed by atoms with Crippen molar-refractivity contribution in [2.24, 2.45) is 0 Å². The Hall–Kier alpha value is -0.280. The summed E-state index contributed by atoms with van der Waals surface area (Å²) < 4.78 is 9.91. The van der Waals surface area contributed by atoms with Crippen LogP contribution in [0.1, 0.15) is 13.8 Å². The van der Waals surface area contributed by atoms with E-state index in [9.17, 15) is 4.79 Å². The van der Waals surface area contributed by atoms with Gasteiger partial charge in [0, 0.05) is 13.8 Å². The van der Waals surface area contributed by atoms with Crippen LogP contribution in [0, 0.1) is 0 Å². The van der Waals surface area contributed by atoms with E-state index >= 15 is 0 Å². The van der Waals surface area contributed by atoms with Crippen molar-refractivity contribution in [3.63, 3.8) is 0 Å². The molecule has 0 radical (unpaired) electrons. The summed E-state index contributed by atoms with van der Waals surface area (Å²) in [6, 6.07) is 0. The number of hydrogen-bond donors (Lipinski definition) is 0. The van der Waals surface area contributed by atoms with E-state index in [2.05, 4.69) is 0 Å². The second-order valence-electron chi connectivity index (χ2n) is 2.58. The number of halogens is 1. The van der Waals surface area contributed by atoms with E-state index < -0.39 is 11.9 Å². The lowest BCUT2D eigenvalue weighted by Gasteiger charge is -2.14. The number of carbonyl (C=O) groups is 1. The highest BCUT2D eigenvalue weighted by Gasteiger charge is 2.40. The third-order valence-electron chi connectivity index (χ3n) is 1.18. The van der Waals surface area contributed by atoms with E-state index in [4.69, 9.17) is 21.1 Å². The Morgan fingerprint density at radius 1 is 1.70 bits per heavy atom. The first kappa shape index (κ1) is 7.82. The molecule has 1 aliphatic rings. The van der Waals surface area contributed by atoms with Gasteiger partial charge < -0.3 is 9.47 Å². The fraction of sp³-hybridized carbons (Fsp3) is 0.833. The zero-order valence-electron chi connectivity index (χ0n) is 5.89. The standard InChI is InChI=1S/C6H9ClO3/c1-6(2)9-4(3-7)5(8)10-6/h4H,3H2,1-2H3. The first-order valence-electron chi connectivity index (χ1n) is 3.02. The molecule has 3 nitrogen and oxygen atoms in total. The van der Waals surface area contributed by atoms with Crippen LogP contribution in [0.15, 0.2) is 0 Å². The van der Waals surface area contributed by atoms with Crippen molar-refractivity contribution in [3.05, 3.63) is 0 Å². The zero-order chi connectivity index (χ0) is 7.78. The maximum atomic E-state index is 10.8. The van der Waals surface area contributed by atoms with Gasteiger partial charge in [0.05, 0.1) is 5.88 Å². The van der Waals surface area contributed by atoms with Gasteiger partial charge in [0.15, 0.2) is 6.10 Å². The van der Waals surface area contributed by atoms with Crippen LogP contribution in [0.25, 0.3) is 0 Å². The fourth-order valence-corrected chi connectivity index (χ4v) is 1.01. The minimum Gasteiger partial charge on any atom is -0.432 e. The molecule has 0 aromatic rings. The number of hydrogen-bond acceptors (Lipinski definition) is 3. The maximum absolute atomic E-state index is 10.8. The Balaban J connectivity index is 2.61. The molecule has 0 spiro atoms. The van der Waals surface area contributed by atoms with Gasteiger partial charge in [0.1, 0.15) is 0 Å². The van der Waals surface area contributed by atoms with E-state index in [-0.39, 0.29) is 11.8 Å². The van der Waals surface area contributed by atoms with Gasteiger partial charge in [-0.15, -0.1) is 11.6 Å². The molecule has 0 aromatic carbocycles. The molecule has 58 valence electrons. The minimum absolute atomic E-state index is 0.155. The molecule has 1 saturated heterocycles. The Bertz CT molecular complexity index is 155. The van der Waals surface area contributed by atoms with Gasteiger partial charge >= 0.3 is 5.97 Å². The summed E-state index contributed by atoms with van der Waals surface area (Å²) in [7, 11) is 0. The highest BCUT2D eigenvalue weighted by molar-refractivity contribution is 6.19. The zero-order valence-corrected chi connectivity index (χ0v) is 6.64. The Morgan fingerprint density at radius 2 is 2.30 bits per heavy atom. The number of alkyl halides is 1. The molecule has 0 aliphatic carbocycles. The number of esters is 1. The molecule has 1 aliphatic heterocycles. The number of cyclic esters (lactones) is 1. The monoisotopic (exact) mass is 164 g/mol. The first-order valence-corrected chi connectivity index (χ1v) is 3.55. The molecular formula is C6H9ClO3. The second-order valence-corrected chi connectivity index (χ2v) is 2.89. The average molecular weight is 165 g/mol. The summed E-state index contributed by atoms with van der Waals surface area (Å²) in [5.41, 5.74) is 0. The van der Waals surface area contributed by atoms with E-state index in [1.807, 2.05) is 0 Å². The predicted octanol–water partition coefficient (Wildman–Crippen LogP) is 0.903. The average Bonchev–Trinajstić information content (AvgIpc) is 2.05. The van der Waals surface area contributed by atoms with Gasteiger partial charge in [-0.25, -0.2) is 4.79 Å². The van der Waals surface area contributed by atoms with Gasteiger partial charge in [-0.2, -0.15) is 0 Å². The highest BCUT2D eigenvalue weighted by atomic mass is 35.5. The summed E-state index contributed by atoms with van der Waals surface area (Å²) in [5.74, 6) is -1.01. The molecule has 0 bridgehead atoms. The second kappa shape index (κ2) is 2.40. The molecule has 1 rings (SSSR count). The molecule has 0 saturated carbocycles. The van der Waals surface area contributed by atoms with Crippen LogP contribution in [0.3, 0.4) is 0 Å². The van der Waals surface area contributed by atoms with Crippen LogP contribution in [0.4, 0.5) is 0 Å². The van der Waals surface area contributed by atoms with Crippen molar-refractivity contribution < 1.29 is 14.3 Å². The van der Waals surface area contributed by atoms with Crippen molar-refractivity contribution in [2.45, 2.75) is 25.7 Å². The van der Waals surface area contributed by atoms with Crippen LogP contribution in [0.2, 0.25) is 0 Å². The third-order valence-corrected chi connectivity index (χ3v) is 1.46. The molecule has 1 unspecified atom stereocenters. The topological polar surface area (TPSA) is 35.5 Å². The van der Waals surface area contributed by atoms with Gasteiger partial charge in [0.25, 0.3) is 0 Å². The Labute approximate surface area is 64.3 Å².